The van der Waals surface area contributed by atoms with Crippen molar-refractivity contribution in [2.75, 3.05) is 20.2 Å². The van der Waals surface area contributed by atoms with E-state index in [1.165, 1.54) is 32.8 Å². The number of hydrogen-bond donors (Lipinski definition) is 1. The first-order valence-electron chi connectivity index (χ1n) is 12.3. The van der Waals surface area contributed by atoms with E-state index in [0.717, 1.165) is 66.0 Å². The zero-order valence-electron chi connectivity index (χ0n) is 20.2. The van der Waals surface area contributed by atoms with E-state index in [2.05, 4.69) is 46.7 Å². The number of fused-ring (bicyclic) bond motifs is 1. The number of nitrogens with zero attached hydrogens (tertiary/aromatic N) is 3. The van der Waals surface area contributed by atoms with Crippen molar-refractivity contribution in [3.8, 4) is 0 Å². The first-order valence-corrected chi connectivity index (χ1v) is 12.3. The van der Waals surface area contributed by atoms with E-state index >= 15 is 0 Å². The number of amides is 1. The van der Waals surface area contributed by atoms with Crippen molar-refractivity contribution in [1.29, 1.82) is 0 Å². The predicted octanol–water partition coefficient (Wildman–Crippen LogP) is 5.07. The number of primary amides is 1. The summed E-state index contributed by atoms with van der Waals surface area (Å²) < 4.78 is 7.61. The van der Waals surface area contributed by atoms with Gasteiger partial charge in [0.25, 0.3) is 0 Å². The number of oxime groups is 1. The van der Waals surface area contributed by atoms with Crippen LogP contribution in [0.5, 0.6) is 0 Å². The first kappa shape index (κ1) is 23.6. The minimum absolute atomic E-state index is 0.120. The summed E-state index contributed by atoms with van der Waals surface area (Å²) >= 11 is 0. The van der Waals surface area contributed by atoms with Crippen LogP contribution < -0.4 is 5.73 Å². The lowest BCUT2D eigenvalue weighted by atomic mass is 9.79. The summed E-state index contributed by atoms with van der Waals surface area (Å²) in [6.07, 6.45) is 8.47. The molecule has 1 aromatic carbocycles. The zero-order chi connectivity index (χ0) is 23.4. The standard InChI is InChI=1S/C26H38N4O3/c1-18(2)19-8-10-20(11-9-19)29-14-12-21(13-15-29)30-24-7-5-4-6-22(24)23(16-28-32-3)25(30)17-33-26(27)31/h4-7,16,18-21H,8-15,17H2,1-3H3,(H2,27,31)/t19-,20+. The highest BCUT2D eigenvalue weighted by Gasteiger charge is 2.32. The van der Waals surface area contributed by atoms with Crippen molar-refractivity contribution in [1.82, 2.24) is 9.47 Å². The second-order valence-electron chi connectivity index (χ2n) is 9.85. The Hall–Kier alpha value is -2.54. The largest absolute Gasteiger partial charge is 0.443 e. The van der Waals surface area contributed by atoms with Gasteiger partial charge < -0.3 is 24.8 Å². The molecule has 1 saturated heterocycles. The fraction of sp³-hybridized carbons (Fsp3) is 0.615. The number of benzene rings is 1. The second kappa shape index (κ2) is 10.6. The van der Waals surface area contributed by atoms with E-state index in [-0.39, 0.29) is 6.61 Å². The van der Waals surface area contributed by atoms with Crippen molar-refractivity contribution < 1.29 is 14.4 Å². The van der Waals surface area contributed by atoms with Crippen LogP contribution >= 0.6 is 0 Å². The average molecular weight is 455 g/mol. The van der Waals surface area contributed by atoms with Crippen molar-refractivity contribution in [3.05, 3.63) is 35.5 Å². The Morgan fingerprint density at radius 2 is 1.82 bits per heavy atom. The van der Waals surface area contributed by atoms with Crippen molar-refractivity contribution in [2.45, 2.75) is 71.1 Å². The molecule has 0 radical (unpaired) electrons. The number of likely N-dealkylation sites (tertiary alicyclic amines) is 1. The molecule has 2 aliphatic rings. The van der Waals surface area contributed by atoms with Gasteiger partial charge in [0.1, 0.15) is 13.7 Å². The van der Waals surface area contributed by atoms with Gasteiger partial charge in [-0.15, -0.1) is 0 Å². The lowest BCUT2D eigenvalue weighted by Gasteiger charge is -2.42. The van der Waals surface area contributed by atoms with E-state index in [1.807, 2.05) is 6.07 Å². The number of carbonyl (C=O) groups is 1. The average Bonchev–Trinajstić information content (AvgIpc) is 3.14. The zero-order valence-corrected chi connectivity index (χ0v) is 20.2. The van der Waals surface area contributed by atoms with Gasteiger partial charge in [0.15, 0.2) is 0 Å². The summed E-state index contributed by atoms with van der Waals surface area (Å²) in [6.45, 7) is 7.05. The van der Waals surface area contributed by atoms with Gasteiger partial charge >= 0.3 is 6.09 Å². The Balaban J connectivity index is 1.55. The van der Waals surface area contributed by atoms with Crippen LogP contribution in [0.15, 0.2) is 29.4 Å². The van der Waals surface area contributed by atoms with Crippen LogP contribution in [0.3, 0.4) is 0 Å². The Morgan fingerprint density at radius 3 is 2.45 bits per heavy atom. The van der Waals surface area contributed by atoms with Gasteiger partial charge in [-0.1, -0.05) is 37.2 Å². The highest BCUT2D eigenvalue weighted by Crippen LogP contribution is 2.37. The van der Waals surface area contributed by atoms with E-state index < -0.39 is 6.09 Å². The van der Waals surface area contributed by atoms with Gasteiger partial charge in [0, 0.05) is 41.6 Å². The molecular formula is C26H38N4O3. The Kier molecular flexibility index (Phi) is 7.58. The molecule has 1 aromatic heterocycles. The monoisotopic (exact) mass is 454 g/mol. The summed E-state index contributed by atoms with van der Waals surface area (Å²) in [5.74, 6) is 1.70. The maximum absolute atomic E-state index is 11.4. The highest BCUT2D eigenvalue weighted by atomic mass is 16.6. The van der Waals surface area contributed by atoms with Crippen molar-refractivity contribution in [2.24, 2.45) is 22.7 Å². The number of ether oxygens (including phenoxy) is 1. The van der Waals surface area contributed by atoms with Gasteiger partial charge in [0.05, 0.1) is 11.9 Å². The van der Waals surface area contributed by atoms with Crippen LogP contribution in [0.2, 0.25) is 0 Å². The van der Waals surface area contributed by atoms with Gasteiger partial charge in [0.2, 0.25) is 0 Å². The van der Waals surface area contributed by atoms with Crippen molar-refractivity contribution in [3.63, 3.8) is 0 Å². The van der Waals surface area contributed by atoms with E-state index in [9.17, 15) is 4.79 Å². The van der Waals surface area contributed by atoms with Gasteiger partial charge in [-0.25, -0.2) is 4.79 Å². The molecule has 33 heavy (non-hydrogen) atoms. The molecule has 4 rings (SSSR count). The van der Waals surface area contributed by atoms with E-state index in [4.69, 9.17) is 15.3 Å². The maximum atomic E-state index is 11.4. The normalized spacial score (nSPS) is 22.9. The molecule has 2 aromatic rings. The van der Waals surface area contributed by atoms with Crippen LogP contribution in [0, 0.1) is 11.8 Å². The first-order chi connectivity index (χ1) is 16.0. The van der Waals surface area contributed by atoms with Gasteiger partial charge in [-0.2, -0.15) is 0 Å². The number of nitrogens with two attached hydrogens (primary N) is 1. The molecule has 1 aliphatic heterocycles. The molecule has 1 saturated carbocycles. The van der Waals surface area contributed by atoms with Crippen LogP contribution in [0.1, 0.15) is 69.7 Å². The number of para-hydroxylation sites is 1. The smallest absolute Gasteiger partial charge is 0.404 e. The third kappa shape index (κ3) is 5.18. The highest BCUT2D eigenvalue weighted by molar-refractivity contribution is 6.01. The quantitative estimate of drug-likeness (QED) is 0.468. The minimum atomic E-state index is -0.770. The molecule has 7 nitrogen and oxygen atoms in total. The Bertz CT molecular complexity index is 967. The SMILES string of the molecule is CON=Cc1c(COC(N)=O)n(C2CCN([C@H]3CC[C@@H](C(C)C)CC3)CC2)c2ccccc12. The molecule has 1 aliphatic carbocycles. The molecule has 0 atom stereocenters. The van der Waals surface area contributed by atoms with Crippen LogP contribution in [-0.2, 0) is 16.2 Å². The molecule has 0 bridgehead atoms. The summed E-state index contributed by atoms with van der Waals surface area (Å²) in [4.78, 5) is 19.1. The fourth-order valence-corrected chi connectivity index (χ4v) is 5.94. The molecule has 0 spiro atoms. The minimum Gasteiger partial charge on any atom is -0.443 e. The summed E-state index contributed by atoms with van der Waals surface area (Å²) in [5, 5.41) is 5.09. The van der Waals surface area contributed by atoms with Crippen LogP contribution in [0.25, 0.3) is 10.9 Å². The summed E-state index contributed by atoms with van der Waals surface area (Å²) in [5.41, 5.74) is 8.28. The number of hydrogen-bond acceptors (Lipinski definition) is 5. The number of carbonyl (C=O) groups excluding carboxylic acids is 1. The van der Waals surface area contributed by atoms with Crippen LogP contribution in [0.4, 0.5) is 4.79 Å². The molecule has 2 fully saturated rings. The number of rotatable bonds is 7. The Morgan fingerprint density at radius 1 is 1.12 bits per heavy atom. The summed E-state index contributed by atoms with van der Waals surface area (Å²) in [6, 6.07) is 9.35. The molecule has 7 heteroatoms. The third-order valence-electron chi connectivity index (χ3n) is 7.76. The van der Waals surface area contributed by atoms with E-state index in [1.54, 1.807) is 6.21 Å². The van der Waals surface area contributed by atoms with Crippen LogP contribution in [-0.4, -0.2) is 48.0 Å². The molecule has 2 N–H and O–H groups in total. The topological polar surface area (TPSA) is 82.1 Å². The number of aromatic nitrogens is 1. The fourth-order valence-electron chi connectivity index (χ4n) is 5.94. The molecular weight excluding hydrogens is 416 g/mol. The van der Waals surface area contributed by atoms with E-state index in [0.29, 0.717) is 6.04 Å². The van der Waals surface area contributed by atoms with Gasteiger partial charge in [-0.3, -0.25) is 0 Å². The van der Waals surface area contributed by atoms with Gasteiger partial charge in [-0.05, 0) is 56.4 Å². The summed E-state index contributed by atoms with van der Waals surface area (Å²) in [7, 11) is 1.53. The molecule has 1 amide bonds. The van der Waals surface area contributed by atoms with Crippen molar-refractivity contribution >= 4 is 23.2 Å². The number of piperidine rings is 1. The molecule has 180 valence electrons. The second-order valence-corrected chi connectivity index (χ2v) is 9.85. The predicted molar refractivity (Wildman–Crippen MR) is 131 cm³/mol. The Labute approximate surface area is 196 Å². The lowest BCUT2D eigenvalue weighted by molar-refractivity contribution is 0.0876. The molecule has 0 unspecified atom stereocenters. The lowest BCUT2D eigenvalue weighted by Crippen LogP contribution is -2.44. The molecule has 2 heterocycles. The maximum Gasteiger partial charge on any atom is 0.404 e. The third-order valence-corrected chi connectivity index (χ3v) is 7.76.